The van der Waals surface area contributed by atoms with Crippen LogP contribution in [0.25, 0.3) is 0 Å². The van der Waals surface area contributed by atoms with Gasteiger partial charge in [0.1, 0.15) is 0 Å². The predicted octanol–water partition coefficient (Wildman–Crippen LogP) is 2.95. The summed E-state index contributed by atoms with van der Waals surface area (Å²) in [4.78, 5) is 24.7. The highest BCUT2D eigenvalue weighted by Gasteiger charge is 2.12. The van der Waals surface area contributed by atoms with Crippen LogP contribution in [0, 0.1) is 0 Å². The van der Waals surface area contributed by atoms with E-state index in [9.17, 15) is 9.59 Å². The number of amides is 2. The van der Waals surface area contributed by atoms with Crippen LogP contribution in [0.5, 0.6) is 0 Å². The molecule has 3 N–H and O–H groups in total. The Labute approximate surface area is 145 Å². The van der Waals surface area contributed by atoms with Gasteiger partial charge in [-0.2, -0.15) is 0 Å². The van der Waals surface area contributed by atoms with E-state index >= 15 is 0 Å². The zero-order chi connectivity index (χ0) is 17.5. The van der Waals surface area contributed by atoms with Crippen molar-refractivity contribution in [3.8, 4) is 0 Å². The van der Waals surface area contributed by atoms with Crippen molar-refractivity contribution in [3.63, 3.8) is 0 Å². The van der Waals surface area contributed by atoms with Crippen molar-refractivity contribution in [2.75, 3.05) is 6.26 Å². The summed E-state index contributed by atoms with van der Waals surface area (Å²) in [5.41, 5.74) is 3.83. The molecule has 0 aromatic heterocycles. The van der Waals surface area contributed by atoms with Crippen molar-refractivity contribution in [1.29, 1.82) is 0 Å². The van der Waals surface area contributed by atoms with Gasteiger partial charge in [-0.05, 0) is 42.5 Å². The standard InChI is InChI=1S/C18H20N2O3S/c1-12(13-7-9-14(10-8-13)18(22)20-23)19-17(21)11-15-5-3-4-6-16(15)24-2/h3-10,12,23H,11H2,1-2H3,(H,19,21)(H,20,22). The van der Waals surface area contributed by atoms with E-state index in [0.717, 1.165) is 16.0 Å². The molecule has 0 fully saturated rings. The second-order valence-corrected chi connectivity index (χ2v) is 6.19. The van der Waals surface area contributed by atoms with Crippen LogP contribution in [0.1, 0.15) is 34.5 Å². The highest BCUT2D eigenvalue weighted by atomic mass is 32.2. The maximum atomic E-state index is 12.3. The Hall–Kier alpha value is -2.31. The summed E-state index contributed by atoms with van der Waals surface area (Å²) in [6.07, 6.45) is 2.32. The fourth-order valence-corrected chi connectivity index (χ4v) is 3.00. The average Bonchev–Trinajstić information content (AvgIpc) is 2.61. The first-order valence-electron chi connectivity index (χ1n) is 7.50. The second-order valence-electron chi connectivity index (χ2n) is 5.34. The van der Waals surface area contributed by atoms with Gasteiger partial charge in [0.15, 0.2) is 0 Å². The molecule has 126 valence electrons. The maximum Gasteiger partial charge on any atom is 0.274 e. The molecule has 0 aliphatic carbocycles. The molecule has 0 heterocycles. The van der Waals surface area contributed by atoms with Gasteiger partial charge >= 0.3 is 0 Å². The molecule has 0 aliphatic heterocycles. The SMILES string of the molecule is CSc1ccccc1CC(=O)NC(C)c1ccc(C(=O)NO)cc1. The number of thioether (sulfide) groups is 1. The number of carbonyl (C=O) groups is 2. The van der Waals surface area contributed by atoms with Crippen molar-refractivity contribution < 1.29 is 14.8 Å². The average molecular weight is 344 g/mol. The van der Waals surface area contributed by atoms with E-state index in [1.54, 1.807) is 41.5 Å². The first-order chi connectivity index (χ1) is 11.5. The number of rotatable bonds is 6. The van der Waals surface area contributed by atoms with E-state index in [0.29, 0.717) is 12.0 Å². The molecular formula is C18H20N2O3S. The Kier molecular flexibility index (Phi) is 6.40. The van der Waals surface area contributed by atoms with Gasteiger partial charge in [-0.15, -0.1) is 11.8 Å². The van der Waals surface area contributed by atoms with Crippen LogP contribution >= 0.6 is 11.8 Å². The fourth-order valence-electron chi connectivity index (χ4n) is 2.39. The molecule has 1 unspecified atom stereocenters. The van der Waals surface area contributed by atoms with Gasteiger partial charge < -0.3 is 5.32 Å². The van der Waals surface area contributed by atoms with E-state index in [1.165, 1.54) is 0 Å². The summed E-state index contributed by atoms with van der Waals surface area (Å²) in [6.45, 7) is 1.89. The van der Waals surface area contributed by atoms with Crippen molar-refractivity contribution in [1.82, 2.24) is 10.8 Å². The molecule has 24 heavy (non-hydrogen) atoms. The maximum absolute atomic E-state index is 12.3. The molecular weight excluding hydrogens is 324 g/mol. The third-order valence-corrected chi connectivity index (χ3v) is 4.53. The van der Waals surface area contributed by atoms with E-state index in [1.807, 2.05) is 37.4 Å². The minimum absolute atomic E-state index is 0.0545. The molecule has 0 aliphatic rings. The van der Waals surface area contributed by atoms with Crippen molar-refractivity contribution in [3.05, 3.63) is 65.2 Å². The van der Waals surface area contributed by atoms with Gasteiger partial charge in [0, 0.05) is 10.5 Å². The smallest absolute Gasteiger partial charge is 0.274 e. The Morgan fingerprint density at radius 1 is 1.12 bits per heavy atom. The predicted molar refractivity (Wildman–Crippen MR) is 94.2 cm³/mol. The van der Waals surface area contributed by atoms with Gasteiger partial charge in [0.25, 0.3) is 5.91 Å². The number of benzene rings is 2. The first-order valence-corrected chi connectivity index (χ1v) is 8.73. The number of hydrogen-bond acceptors (Lipinski definition) is 4. The molecule has 2 aromatic rings. The first kappa shape index (κ1) is 18.0. The summed E-state index contributed by atoms with van der Waals surface area (Å²) >= 11 is 1.62. The summed E-state index contributed by atoms with van der Waals surface area (Å²) in [5, 5.41) is 11.6. The molecule has 0 radical (unpaired) electrons. The number of hydrogen-bond donors (Lipinski definition) is 3. The van der Waals surface area contributed by atoms with Gasteiger partial charge in [0.2, 0.25) is 5.91 Å². The van der Waals surface area contributed by atoms with Crippen molar-refractivity contribution in [2.45, 2.75) is 24.3 Å². The molecule has 5 nitrogen and oxygen atoms in total. The highest BCUT2D eigenvalue weighted by Crippen LogP contribution is 2.21. The number of hydroxylamine groups is 1. The van der Waals surface area contributed by atoms with E-state index < -0.39 is 5.91 Å². The topological polar surface area (TPSA) is 78.4 Å². The quantitative estimate of drug-likeness (QED) is 0.428. The lowest BCUT2D eigenvalue weighted by Crippen LogP contribution is -2.28. The molecule has 0 saturated heterocycles. The zero-order valence-corrected chi connectivity index (χ0v) is 14.4. The van der Waals surface area contributed by atoms with Crippen molar-refractivity contribution in [2.24, 2.45) is 0 Å². The minimum Gasteiger partial charge on any atom is -0.349 e. The summed E-state index contributed by atoms with van der Waals surface area (Å²) in [5.74, 6) is -0.618. The van der Waals surface area contributed by atoms with Crippen LogP contribution in [0.4, 0.5) is 0 Å². The molecule has 2 amide bonds. The van der Waals surface area contributed by atoms with Gasteiger partial charge in [-0.1, -0.05) is 30.3 Å². The van der Waals surface area contributed by atoms with Crippen LogP contribution in [0.15, 0.2) is 53.4 Å². The highest BCUT2D eigenvalue weighted by molar-refractivity contribution is 7.98. The second kappa shape index (κ2) is 8.52. The Bertz CT molecular complexity index is 716. The fraction of sp³-hybridized carbons (Fsp3) is 0.222. The van der Waals surface area contributed by atoms with Crippen LogP contribution in [0.3, 0.4) is 0 Å². The molecule has 1 atom stereocenters. The minimum atomic E-state index is -0.563. The summed E-state index contributed by atoms with van der Waals surface area (Å²) in [7, 11) is 0. The van der Waals surface area contributed by atoms with Gasteiger partial charge in [0.05, 0.1) is 12.5 Å². The van der Waals surface area contributed by atoms with Crippen molar-refractivity contribution >= 4 is 23.6 Å². The van der Waals surface area contributed by atoms with Gasteiger partial charge in [-0.25, -0.2) is 5.48 Å². The lowest BCUT2D eigenvalue weighted by molar-refractivity contribution is -0.121. The zero-order valence-electron chi connectivity index (χ0n) is 13.6. The number of carbonyl (C=O) groups excluding carboxylic acids is 2. The lowest BCUT2D eigenvalue weighted by Gasteiger charge is -2.15. The normalized spacial score (nSPS) is 11.6. The Morgan fingerprint density at radius 2 is 1.79 bits per heavy atom. The monoisotopic (exact) mass is 344 g/mol. The third kappa shape index (κ3) is 4.59. The van der Waals surface area contributed by atoms with Gasteiger partial charge in [-0.3, -0.25) is 14.8 Å². The van der Waals surface area contributed by atoms with E-state index in [2.05, 4.69) is 5.32 Å². The van der Waals surface area contributed by atoms with E-state index in [4.69, 9.17) is 5.21 Å². The Morgan fingerprint density at radius 3 is 2.42 bits per heavy atom. The lowest BCUT2D eigenvalue weighted by atomic mass is 10.1. The van der Waals surface area contributed by atoms with Crippen LogP contribution in [0.2, 0.25) is 0 Å². The molecule has 6 heteroatoms. The molecule has 0 saturated carbocycles. The molecule has 2 aromatic carbocycles. The molecule has 0 bridgehead atoms. The summed E-state index contributed by atoms with van der Waals surface area (Å²) < 4.78 is 0. The Balaban J connectivity index is 1.99. The third-order valence-electron chi connectivity index (χ3n) is 3.70. The van der Waals surface area contributed by atoms with Crippen LogP contribution in [-0.2, 0) is 11.2 Å². The van der Waals surface area contributed by atoms with Crippen LogP contribution in [-0.4, -0.2) is 23.3 Å². The largest absolute Gasteiger partial charge is 0.349 e. The summed E-state index contributed by atoms with van der Waals surface area (Å²) in [6, 6.07) is 14.4. The molecule has 2 rings (SSSR count). The molecule has 0 spiro atoms. The van der Waals surface area contributed by atoms with Crippen LogP contribution < -0.4 is 10.8 Å². The van der Waals surface area contributed by atoms with E-state index in [-0.39, 0.29) is 11.9 Å². The number of nitrogens with one attached hydrogen (secondary N) is 2.